The zero-order valence-electron chi connectivity index (χ0n) is 19.9. The SMILES string of the molecule is Cc1c(C)c2c(c(C)c1O)C[C@](C)(C(=O)Nc1c(N)n(-c3ccccc3)c(=O)n(C)c1=O)CO2. The van der Waals surface area contributed by atoms with E-state index in [0.29, 0.717) is 23.4 Å². The van der Waals surface area contributed by atoms with E-state index in [1.54, 1.807) is 44.2 Å². The van der Waals surface area contributed by atoms with Crippen LogP contribution in [0.25, 0.3) is 5.69 Å². The maximum absolute atomic E-state index is 13.5. The number of hydrogen-bond donors (Lipinski definition) is 3. The van der Waals surface area contributed by atoms with Crippen LogP contribution in [0.1, 0.15) is 29.2 Å². The number of amides is 1. The lowest BCUT2D eigenvalue weighted by Gasteiger charge is -2.35. The number of hydrogen-bond acceptors (Lipinski definition) is 6. The van der Waals surface area contributed by atoms with Crippen LogP contribution in [-0.4, -0.2) is 26.8 Å². The molecule has 1 aromatic heterocycles. The molecule has 9 heteroatoms. The van der Waals surface area contributed by atoms with E-state index < -0.39 is 22.6 Å². The topological polar surface area (TPSA) is 129 Å². The third-order valence-corrected chi connectivity index (χ3v) is 6.74. The number of anilines is 2. The minimum absolute atomic E-state index is 0.0782. The van der Waals surface area contributed by atoms with Crippen LogP contribution in [0.5, 0.6) is 11.5 Å². The second-order valence-corrected chi connectivity index (χ2v) is 9.09. The van der Waals surface area contributed by atoms with Gasteiger partial charge in [-0.15, -0.1) is 0 Å². The molecule has 0 saturated heterocycles. The van der Waals surface area contributed by atoms with Crippen molar-refractivity contribution >= 4 is 17.4 Å². The van der Waals surface area contributed by atoms with Gasteiger partial charge in [0.05, 0.1) is 11.1 Å². The number of nitrogen functional groups attached to an aromatic ring is 1. The highest BCUT2D eigenvalue weighted by Crippen LogP contribution is 2.44. The van der Waals surface area contributed by atoms with Gasteiger partial charge in [0.2, 0.25) is 5.91 Å². The van der Waals surface area contributed by atoms with Gasteiger partial charge in [0.15, 0.2) is 0 Å². The van der Waals surface area contributed by atoms with Crippen molar-refractivity contribution in [3.63, 3.8) is 0 Å². The summed E-state index contributed by atoms with van der Waals surface area (Å²) in [6.45, 7) is 7.28. The number of rotatable bonds is 3. The molecule has 0 aliphatic carbocycles. The zero-order chi connectivity index (χ0) is 24.9. The number of phenolic OH excluding ortho intramolecular Hbond substituents is 1. The van der Waals surface area contributed by atoms with Crippen molar-refractivity contribution in [2.24, 2.45) is 12.5 Å². The number of ether oxygens (including phenoxy) is 1. The molecule has 34 heavy (non-hydrogen) atoms. The van der Waals surface area contributed by atoms with Crippen LogP contribution in [0.15, 0.2) is 39.9 Å². The average molecular weight is 465 g/mol. The highest BCUT2D eigenvalue weighted by molar-refractivity contribution is 5.97. The number of carbonyl (C=O) groups is 1. The number of aromatic nitrogens is 2. The zero-order valence-corrected chi connectivity index (χ0v) is 19.9. The van der Waals surface area contributed by atoms with E-state index in [4.69, 9.17) is 10.5 Å². The molecule has 0 saturated carbocycles. The summed E-state index contributed by atoms with van der Waals surface area (Å²) in [5.74, 6) is 0.217. The number of aromatic hydroxyl groups is 1. The monoisotopic (exact) mass is 464 g/mol. The molecule has 9 nitrogen and oxygen atoms in total. The molecule has 4 rings (SSSR count). The molecule has 2 heterocycles. The highest BCUT2D eigenvalue weighted by atomic mass is 16.5. The van der Waals surface area contributed by atoms with Gasteiger partial charge in [-0.1, -0.05) is 18.2 Å². The van der Waals surface area contributed by atoms with E-state index in [-0.39, 0.29) is 23.9 Å². The van der Waals surface area contributed by atoms with Crippen LogP contribution in [0.4, 0.5) is 11.5 Å². The second kappa shape index (κ2) is 8.09. The average Bonchev–Trinajstić information content (AvgIpc) is 2.83. The van der Waals surface area contributed by atoms with Gasteiger partial charge in [-0.2, -0.15) is 0 Å². The van der Waals surface area contributed by atoms with E-state index >= 15 is 0 Å². The molecule has 1 atom stereocenters. The summed E-state index contributed by atoms with van der Waals surface area (Å²) in [5.41, 5.74) is 7.13. The van der Waals surface area contributed by atoms with Gasteiger partial charge in [0.25, 0.3) is 5.56 Å². The largest absolute Gasteiger partial charge is 0.507 e. The Labute approximate surface area is 196 Å². The van der Waals surface area contributed by atoms with Crippen LogP contribution in [0.2, 0.25) is 0 Å². The van der Waals surface area contributed by atoms with Crippen LogP contribution in [0, 0.1) is 26.2 Å². The molecule has 3 aromatic rings. The maximum atomic E-state index is 13.5. The molecule has 1 amide bonds. The fourth-order valence-corrected chi connectivity index (χ4v) is 4.33. The first-order valence-electron chi connectivity index (χ1n) is 10.9. The van der Waals surface area contributed by atoms with Gasteiger partial charge in [-0.3, -0.25) is 14.2 Å². The summed E-state index contributed by atoms with van der Waals surface area (Å²) in [7, 11) is 1.33. The van der Waals surface area contributed by atoms with Crippen molar-refractivity contribution in [3.05, 3.63) is 73.4 Å². The van der Waals surface area contributed by atoms with Gasteiger partial charge in [-0.05, 0) is 62.9 Å². The van der Waals surface area contributed by atoms with Gasteiger partial charge in [-0.25, -0.2) is 9.36 Å². The van der Waals surface area contributed by atoms with Crippen LogP contribution >= 0.6 is 0 Å². The van der Waals surface area contributed by atoms with Gasteiger partial charge < -0.3 is 20.9 Å². The number of nitrogens with two attached hydrogens (primary N) is 1. The molecule has 1 aliphatic rings. The summed E-state index contributed by atoms with van der Waals surface area (Å²) in [4.78, 5) is 39.1. The standard InChI is InChI=1S/C25H28N4O5/c1-13-14(2)20-17(15(3)19(13)30)11-25(4,12-34-20)23(32)27-18-21(26)29(16-9-7-6-8-10-16)24(33)28(5)22(18)31/h6-10,30H,11-12,26H2,1-5H3,(H,27,32)/t25-/m0/s1. The fourth-order valence-electron chi connectivity index (χ4n) is 4.33. The maximum Gasteiger partial charge on any atom is 0.337 e. The Kier molecular flexibility index (Phi) is 5.51. The van der Waals surface area contributed by atoms with E-state index in [9.17, 15) is 19.5 Å². The summed E-state index contributed by atoms with van der Waals surface area (Å²) in [6, 6.07) is 8.63. The second-order valence-electron chi connectivity index (χ2n) is 9.09. The van der Waals surface area contributed by atoms with Gasteiger partial charge in [0, 0.05) is 12.6 Å². The molecule has 0 bridgehead atoms. The Balaban J connectivity index is 1.75. The van der Waals surface area contributed by atoms with Crippen molar-refractivity contribution in [2.45, 2.75) is 34.1 Å². The third-order valence-electron chi connectivity index (χ3n) is 6.74. The summed E-state index contributed by atoms with van der Waals surface area (Å²) in [6.07, 6.45) is 0.299. The smallest absolute Gasteiger partial charge is 0.337 e. The normalized spacial score (nSPS) is 17.1. The Bertz CT molecular complexity index is 1440. The first-order chi connectivity index (χ1) is 16.0. The number of phenols is 1. The fraction of sp³-hybridized carbons (Fsp3) is 0.320. The van der Waals surface area contributed by atoms with Crippen LogP contribution < -0.4 is 27.0 Å². The van der Waals surface area contributed by atoms with E-state index in [2.05, 4.69) is 5.32 Å². The van der Waals surface area contributed by atoms with Crippen molar-refractivity contribution in [1.29, 1.82) is 0 Å². The van der Waals surface area contributed by atoms with Crippen molar-refractivity contribution < 1.29 is 14.6 Å². The first-order valence-corrected chi connectivity index (χ1v) is 10.9. The number of nitrogens with one attached hydrogen (secondary N) is 1. The minimum atomic E-state index is -1.04. The summed E-state index contributed by atoms with van der Waals surface area (Å²) in [5, 5.41) is 13.2. The third kappa shape index (κ3) is 3.44. The molecular formula is C25H28N4O5. The molecule has 1 aliphatic heterocycles. The van der Waals surface area contributed by atoms with Crippen LogP contribution in [-0.2, 0) is 18.3 Å². The molecule has 0 spiro atoms. The van der Waals surface area contributed by atoms with Crippen molar-refractivity contribution in [2.75, 3.05) is 17.7 Å². The number of para-hydroxylation sites is 1. The first kappa shape index (κ1) is 23.2. The number of fused-ring (bicyclic) bond motifs is 1. The number of benzene rings is 2. The Hall–Kier alpha value is -4.01. The van der Waals surface area contributed by atoms with Crippen molar-refractivity contribution in [1.82, 2.24) is 9.13 Å². The summed E-state index contributed by atoms with van der Waals surface area (Å²) >= 11 is 0. The quantitative estimate of drug-likeness (QED) is 0.546. The Morgan fingerprint density at radius 3 is 2.41 bits per heavy atom. The number of nitrogens with zero attached hydrogens (tertiary/aromatic N) is 2. The molecule has 2 aromatic carbocycles. The van der Waals surface area contributed by atoms with E-state index in [1.807, 2.05) is 13.8 Å². The number of carbonyl (C=O) groups excluding carboxylic acids is 1. The summed E-state index contributed by atoms with van der Waals surface area (Å²) < 4.78 is 8.09. The molecular weight excluding hydrogens is 436 g/mol. The Morgan fingerprint density at radius 1 is 1.12 bits per heavy atom. The molecule has 4 N–H and O–H groups in total. The lowest BCUT2D eigenvalue weighted by atomic mass is 9.78. The highest BCUT2D eigenvalue weighted by Gasteiger charge is 2.41. The predicted molar refractivity (Wildman–Crippen MR) is 130 cm³/mol. The lowest BCUT2D eigenvalue weighted by molar-refractivity contribution is -0.127. The van der Waals surface area contributed by atoms with E-state index in [0.717, 1.165) is 21.3 Å². The lowest BCUT2D eigenvalue weighted by Crippen LogP contribution is -2.46. The van der Waals surface area contributed by atoms with E-state index in [1.165, 1.54) is 11.6 Å². The molecule has 0 fully saturated rings. The van der Waals surface area contributed by atoms with Crippen molar-refractivity contribution in [3.8, 4) is 17.2 Å². The predicted octanol–water partition coefficient (Wildman–Crippen LogP) is 2.33. The Morgan fingerprint density at radius 2 is 1.76 bits per heavy atom. The minimum Gasteiger partial charge on any atom is -0.507 e. The van der Waals surface area contributed by atoms with Gasteiger partial charge in [0.1, 0.15) is 29.6 Å². The van der Waals surface area contributed by atoms with Gasteiger partial charge >= 0.3 is 5.69 Å². The van der Waals surface area contributed by atoms with Crippen LogP contribution in [0.3, 0.4) is 0 Å². The molecule has 0 unspecified atom stereocenters. The molecule has 0 radical (unpaired) electrons. The molecule has 178 valence electrons.